The van der Waals surface area contributed by atoms with Crippen LogP contribution in [0.25, 0.3) is 0 Å². The van der Waals surface area contributed by atoms with Crippen LogP contribution < -0.4 is 5.32 Å². The predicted molar refractivity (Wildman–Crippen MR) is 85.9 cm³/mol. The molecular formula is C15H22BrNOS. The lowest BCUT2D eigenvalue weighted by atomic mass is 10.1. The van der Waals surface area contributed by atoms with Gasteiger partial charge in [0.25, 0.3) is 0 Å². The van der Waals surface area contributed by atoms with Crippen LogP contribution in [0.5, 0.6) is 0 Å². The van der Waals surface area contributed by atoms with Crippen LogP contribution in [0.4, 0.5) is 0 Å². The molecule has 106 valence electrons. The molecule has 0 amide bonds. The number of thioether (sulfide) groups is 1. The first-order valence-corrected chi connectivity index (χ1v) is 8.60. The Labute approximate surface area is 128 Å². The van der Waals surface area contributed by atoms with Crippen LogP contribution in [0.3, 0.4) is 0 Å². The van der Waals surface area contributed by atoms with Crippen molar-refractivity contribution in [1.82, 2.24) is 5.32 Å². The van der Waals surface area contributed by atoms with Gasteiger partial charge in [0, 0.05) is 27.3 Å². The summed E-state index contributed by atoms with van der Waals surface area (Å²) in [5.74, 6) is 0. The largest absolute Gasteiger partial charge is 0.377 e. The maximum absolute atomic E-state index is 5.66. The number of hydrogen-bond acceptors (Lipinski definition) is 3. The molecule has 3 unspecified atom stereocenters. The monoisotopic (exact) mass is 343 g/mol. The number of nitrogens with one attached hydrogen (secondary N) is 1. The van der Waals surface area contributed by atoms with Crippen LogP contribution in [0.1, 0.15) is 38.8 Å². The first-order valence-electron chi connectivity index (χ1n) is 6.93. The fourth-order valence-electron chi connectivity index (χ4n) is 2.41. The van der Waals surface area contributed by atoms with Crippen molar-refractivity contribution in [3.8, 4) is 0 Å². The van der Waals surface area contributed by atoms with E-state index in [1.807, 2.05) is 11.8 Å². The summed E-state index contributed by atoms with van der Waals surface area (Å²) < 4.78 is 6.81. The highest BCUT2D eigenvalue weighted by Crippen LogP contribution is 2.37. The summed E-state index contributed by atoms with van der Waals surface area (Å²) in [5.41, 5.74) is 1.38. The number of halogens is 1. The molecule has 1 saturated heterocycles. The number of benzene rings is 1. The first-order chi connectivity index (χ1) is 9.11. The van der Waals surface area contributed by atoms with Crippen LogP contribution in [0, 0.1) is 0 Å². The van der Waals surface area contributed by atoms with E-state index in [-0.39, 0.29) is 0 Å². The van der Waals surface area contributed by atoms with Gasteiger partial charge in [-0.25, -0.2) is 0 Å². The van der Waals surface area contributed by atoms with Gasteiger partial charge >= 0.3 is 0 Å². The summed E-state index contributed by atoms with van der Waals surface area (Å²) >= 11 is 5.54. The van der Waals surface area contributed by atoms with Crippen LogP contribution in [0.15, 0.2) is 27.6 Å². The minimum absolute atomic E-state index is 0.357. The number of rotatable bonds is 5. The summed E-state index contributed by atoms with van der Waals surface area (Å²) in [6.07, 6.45) is 1.51. The van der Waals surface area contributed by atoms with Gasteiger partial charge < -0.3 is 10.1 Å². The van der Waals surface area contributed by atoms with E-state index in [0.717, 1.165) is 24.0 Å². The van der Waals surface area contributed by atoms with Gasteiger partial charge in [-0.2, -0.15) is 0 Å². The lowest BCUT2D eigenvalue weighted by Gasteiger charge is -2.20. The Morgan fingerprint density at radius 3 is 2.95 bits per heavy atom. The zero-order valence-electron chi connectivity index (χ0n) is 11.8. The third-order valence-electron chi connectivity index (χ3n) is 3.53. The van der Waals surface area contributed by atoms with Crippen molar-refractivity contribution in [1.29, 1.82) is 0 Å². The minimum Gasteiger partial charge on any atom is -0.377 e. The van der Waals surface area contributed by atoms with Gasteiger partial charge in [-0.1, -0.05) is 22.9 Å². The normalized spacial score (nSPS) is 24.6. The highest BCUT2D eigenvalue weighted by Gasteiger charge is 2.26. The summed E-state index contributed by atoms with van der Waals surface area (Å²) in [6.45, 7) is 8.43. The summed E-state index contributed by atoms with van der Waals surface area (Å²) in [5, 5.41) is 4.08. The zero-order chi connectivity index (χ0) is 13.8. The molecule has 0 saturated carbocycles. The lowest BCUT2D eigenvalue weighted by Crippen LogP contribution is -2.19. The molecule has 1 N–H and O–H groups in total. The minimum atomic E-state index is 0.357. The molecule has 2 nitrogen and oxygen atoms in total. The molecule has 1 aliphatic heterocycles. The zero-order valence-corrected chi connectivity index (χ0v) is 14.2. The Morgan fingerprint density at radius 1 is 1.53 bits per heavy atom. The molecule has 4 heteroatoms. The van der Waals surface area contributed by atoms with Crippen molar-refractivity contribution in [3.05, 3.63) is 28.2 Å². The van der Waals surface area contributed by atoms with Crippen molar-refractivity contribution in [2.24, 2.45) is 0 Å². The number of ether oxygens (including phenoxy) is 1. The molecule has 1 aromatic rings. The maximum atomic E-state index is 5.66. The van der Waals surface area contributed by atoms with E-state index in [1.165, 1.54) is 10.5 Å². The molecule has 0 aromatic heterocycles. The second-order valence-corrected chi connectivity index (χ2v) is 7.18. The van der Waals surface area contributed by atoms with Gasteiger partial charge in [-0.15, -0.1) is 11.8 Å². The van der Waals surface area contributed by atoms with Crippen molar-refractivity contribution < 1.29 is 4.74 Å². The molecule has 1 aliphatic rings. The maximum Gasteiger partial charge on any atom is 0.0669 e. The van der Waals surface area contributed by atoms with Crippen LogP contribution >= 0.6 is 27.7 Å². The molecule has 0 radical (unpaired) electrons. The highest BCUT2D eigenvalue weighted by molar-refractivity contribution is 9.10. The van der Waals surface area contributed by atoms with E-state index < -0.39 is 0 Å². The standard InChI is InChI=1S/C15H22BrNOS/c1-4-17-10(2)13-9-12(16)5-6-15(13)19-14-7-8-18-11(14)3/h5-6,9-11,14,17H,4,7-8H2,1-3H3. The molecule has 3 atom stereocenters. The highest BCUT2D eigenvalue weighted by atomic mass is 79.9. The van der Waals surface area contributed by atoms with E-state index >= 15 is 0 Å². The molecule has 1 aromatic carbocycles. The van der Waals surface area contributed by atoms with Gasteiger partial charge in [-0.05, 0) is 50.6 Å². The topological polar surface area (TPSA) is 21.3 Å². The Morgan fingerprint density at radius 2 is 2.32 bits per heavy atom. The average molecular weight is 344 g/mol. The van der Waals surface area contributed by atoms with Crippen molar-refractivity contribution in [2.75, 3.05) is 13.2 Å². The van der Waals surface area contributed by atoms with Gasteiger partial charge in [0.1, 0.15) is 0 Å². The van der Waals surface area contributed by atoms with Crippen LogP contribution in [-0.4, -0.2) is 24.5 Å². The van der Waals surface area contributed by atoms with Crippen molar-refractivity contribution in [3.63, 3.8) is 0 Å². The third kappa shape index (κ3) is 3.97. The fourth-order valence-corrected chi connectivity index (χ4v) is 4.12. The SMILES string of the molecule is CCNC(C)c1cc(Br)ccc1SC1CCOC1C. The van der Waals surface area contributed by atoms with Gasteiger partial charge in [0.2, 0.25) is 0 Å². The van der Waals surface area contributed by atoms with Crippen molar-refractivity contribution in [2.45, 2.75) is 49.5 Å². The second-order valence-electron chi connectivity index (χ2n) is 4.98. The number of hydrogen-bond donors (Lipinski definition) is 1. The van der Waals surface area contributed by atoms with Gasteiger partial charge in [0.05, 0.1) is 6.10 Å². The van der Waals surface area contributed by atoms with E-state index in [9.17, 15) is 0 Å². The molecule has 0 aliphatic carbocycles. The van der Waals surface area contributed by atoms with E-state index in [4.69, 9.17) is 4.74 Å². The van der Waals surface area contributed by atoms with Gasteiger partial charge in [-0.3, -0.25) is 0 Å². The van der Waals surface area contributed by atoms with Gasteiger partial charge in [0.15, 0.2) is 0 Å². The van der Waals surface area contributed by atoms with Crippen LogP contribution in [0.2, 0.25) is 0 Å². The quantitative estimate of drug-likeness (QED) is 0.856. The molecule has 1 fully saturated rings. The molecule has 0 bridgehead atoms. The van der Waals surface area contributed by atoms with E-state index in [2.05, 4.69) is 60.2 Å². The average Bonchev–Trinajstić information content (AvgIpc) is 2.77. The molecule has 1 heterocycles. The molecule has 0 spiro atoms. The lowest BCUT2D eigenvalue weighted by molar-refractivity contribution is 0.127. The van der Waals surface area contributed by atoms with E-state index in [1.54, 1.807) is 0 Å². The Hall–Kier alpha value is -0.0300. The fraction of sp³-hybridized carbons (Fsp3) is 0.600. The summed E-state index contributed by atoms with van der Waals surface area (Å²) in [4.78, 5) is 1.37. The van der Waals surface area contributed by atoms with Crippen LogP contribution in [-0.2, 0) is 4.74 Å². The Balaban J connectivity index is 2.18. The molecule has 19 heavy (non-hydrogen) atoms. The van der Waals surface area contributed by atoms with E-state index in [0.29, 0.717) is 17.4 Å². The Bertz CT molecular complexity index is 427. The predicted octanol–water partition coefficient (Wildman–Crippen LogP) is 4.39. The third-order valence-corrected chi connectivity index (χ3v) is 5.57. The molecule has 2 rings (SSSR count). The second kappa shape index (κ2) is 7.11. The summed E-state index contributed by atoms with van der Waals surface area (Å²) in [7, 11) is 0. The van der Waals surface area contributed by atoms with Crippen molar-refractivity contribution >= 4 is 27.7 Å². The smallest absolute Gasteiger partial charge is 0.0669 e. The summed E-state index contributed by atoms with van der Waals surface area (Å²) in [6, 6.07) is 6.96. The molecular weight excluding hydrogens is 322 g/mol. The first kappa shape index (κ1) is 15.4. The Kier molecular flexibility index (Phi) is 5.75.